The minimum atomic E-state index is -0.396. The normalized spacial score (nSPS) is 10.9. The van der Waals surface area contributed by atoms with Crippen LogP contribution in [-0.2, 0) is 5.75 Å². The molecule has 0 fully saturated rings. The van der Waals surface area contributed by atoms with E-state index in [2.05, 4.69) is 10.2 Å². The average molecular weight is 369 g/mol. The maximum atomic E-state index is 13.8. The van der Waals surface area contributed by atoms with Crippen LogP contribution in [0.1, 0.15) is 5.56 Å². The molecule has 0 aliphatic heterocycles. The Labute approximate surface area is 146 Å². The van der Waals surface area contributed by atoms with Crippen LogP contribution < -0.4 is 5.84 Å². The van der Waals surface area contributed by atoms with Crippen LogP contribution in [0.25, 0.3) is 11.4 Å². The van der Waals surface area contributed by atoms with Crippen molar-refractivity contribution < 1.29 is 4.39 Å². The van der Waals surface area contributed by atoms with Crippen LogP contribution >= 0.6 is 35.0 Å². The van der Waals surface area contributed by atoms with Gasteiger partial charge in [0.2, 0.25) is 5.16 Å². The Morgan fingerprint density at radius 1 is 1.09 bits per heavy atom. The Morgan fingerprint density at radius 3 is 2.61 bits per heavy atom. The summed E-state index contributed by atoms with van der Waals surface area (Å²) in [6.45, 7) is 0. The zero-order valence-electron chi connectivity index (χ0n) is 11.7. The molecule has 2 N–H and O–H groups in total. The van der Waals surface area contributed by atoms with Gasteiger partial charge in [0.25, 0.3) is 0 Å². The van der Waals surface area contributed by atoms with Crippen LogP contribution in [0.3, 0.4) is 0 Å². The second-order valence-electron chi connectivity index (χ2n) is 4.69. The van der Waals surface area contributed by atoms with E-state index in [1.54, 1.807) is 30.3 Å². The van der Waals surface area contributed by atoms with E-state index in [-0.39, 0.29) is 5.82 Å². The summed E-state index contributed by atoms with van der Waals surface area (Å²) in [5.74, 6) is 6.45. The van der Waals surface area contributed by atoms with Gasteiger partial charge < -0.3 is 5.84 Å². The zero-order chi connectivity index (χ0) is 16.4. The number of hydrogen-bond acceptors (Lipinski definition) is 4. The molecule has 0 unspecified atom stereocenters. The zero-order valence-corrected chi connectivity index (χ0v) is 14.0. The van der Waals surface area contributed by atoms with Crippen LogP contribution in [0.5, 0.6) is 0 Å². The quantitative estimate of drug-likeness (QED) is 0.547. The third-order valence-corrected chi connectivity index (χ3v) is 4.88. The van der Waals surface area contributed by atoms with E-state index >= 15 is 0 Å². The van der Waals surface area contributed by atoms with E-state index in [4.69, 9.17) is 29.0 Å². The first-order chi connectivity index (χ1) is 11.1. The van der Waals surface area contributed by atoms with E-state index in [1.165, 1.54) is 22.5 Å². The van der Waals surface area contributed by atoms with Gasteiger partial charge in [-0.25, -0.2) is 9.07 Å². The van der Waals surface area contributed by atoms with Crippen LogP contribution in [-0.4, -0.2) is 14.9 Å². The van der Waals surface area contributed by atoms with E-state index < -0.39 is 5.82 Å². The first-order valence-electron chi connectivity index (χ1n) is 6.58. The molecule has 2 aromatic carbocycles. The van der Waals surface area contributed by atoms with Gasteiger partial charge in [-0.1, -0.05) is 53.2 Å². The van der Waals surface area contributed by atoms with Crippen molar-refractivity contribution in [3.8, 4) is 11.4 Å². The first kappa shape index (κ1) is 16.1. The minimum absolute atomic E-state index is 0.278. The number of rotatable bonds is 4. The molecular weight excluding hydrogens is 358 g/mol. The summed E-state index contributed by atoms with van der Waals surface area (Å²) in [6.07, 6.45) is 0. The van der Waals surface area contributed by atoms with Gasteiger partial charge in [0.05, 0.1) is 15.6 Å². The molecule has 118 valence electrons. The van der Waals surface area contributed by atoms with E-state index in [1.807, 2.05) is 6.07 Å². The summed E-state index contributed by atoms with van der Waals surface area (Å²) >= 11 is 13.3. The predicted molar refractivity (Wildman–Crippen MR) is 91.6 cm³/mol. The number of nitrogens with zero attached hydrogens (tertiary/aromatic N) is 3. The van der Waals surface area contributed by atoms with Crippen molar-refractivity contribution >= 4 is 35.0 Å². The molecule has 23 heavy (non-hydrogen) atoms. The number of nitrogens with two attached hydrogens (primary N) is 1. The number of thioether (sulfide) groups is 1. The molecular formula is C15H11Cl2FN4S. The average Bonchev–Trinajstić information content (AvgIpc) is 2.90. The smallest absolute Gasteiger partial charge is 0.210 e. The fourth-order valence-corrected chi connectivity index (χ4v) is 3.10. The van der Waals surface area contributed by atoms with E-state index in [0.29, 0.717) is 26.5 Å². The standard InChI is InChI=1S/C15H11Cl2FN4S/c16-11-6-5-9(7-12(11)17)8-23-15-21-20-14(22(15)19)10-3-1-2-4-13(10)18/h1-7H,8,19H2. The monoisotopic (exact) mass is 368 g/mol. The topological polar surface area (TPSA) is 56.7 Å². The number of hydrogen-bond donors (Lipinski definition) is 1. The number of nitrogen functional groups attached to an aromatic ring is 1. The van der Waals surface area contributed by atoms with Gasteiger partial charge >= 0.3 is 0 Å². The number of aromatic nitrogens is 3. The van der Waals surface area contributed by atoms with Gasteiger partial charge in [-0.3, -0.25) is 0 Å². The van der Waals surface area contributed by atoms with Gasteiger partial charge in [-0.2, -0.15) is 0 Å². The highest BCUT2D eigenvalue weighted by molar-refractivity contribution is 7.98. The highest BCUT2D eigenvalue weighted by atomic mass is 35.5. The molecule has 0 spiro atoms. The molecule has 0 aliphatic carbocycles. The lowest BCUT2D eigenvalue weighted by Crippen LogP contribution is -2.12. The molecule has 0 bridgehead atoms. The fourth-order valence-electron chi connectivity index (χ4n) is 1.98. The third-order valence-electron chi connectivity index (χ3n) is 3.13. The Bertz CT molecular complexity index is 853. The van der Waals surface area contributed by atoms with Crippen molar-refractivity contribution in [1.29, 1.82) is 0 Å². The summed E-state index contributed by atoms with van der Waals surface area (Å²) in [5, 5.41) is 9.46. The van der Waals surface area contributed by atoms with Crippen LogP contribution in [0.15, 0.2) is 47.6 Å². The molecule has 0 saturated carbocycles. The van der Waals surface area contributed by atoms with Crippen molar-refractivity contribution in [2.45, 2.75) is 10.9 Å². The van der Waals surface area contributed by atoms with Crippen molar-refractivity contribution in [3.63, 3.8) is 0 Å². The maximum Gasteiger partial charge on any atom is 0.210 e. The predicted octanol–water partition coefficient (Wildman–Crippen LogP) is 4.40. The summed E-state index contributed by atoms with van der Waals surface area (Å²) in [6, 6.07) is 11.7. The van der Waals surface area contributed by atoms with Gasteiger partial charge in [0.15, 0.2) is 5.82 Å². The number of halogens is 3. The summed E-state index contributed by atoms with van der Waals surface area (Å²) < 4.78 is 15.1. The van der Waals surface area contributed by atoms with Gasteiger partial charge in [0.1, 0.15) is 5.82 Å². The van der Waals surface area contributed by atoms with Crippen LogP contribution in [0, 0.1) is 5.82 Å². The lowest BCUT2D eigenvalue weighted by atomic mass is 10.2. The molecule has 4 nitrogen and oxygen atoms in total. The van der Waals surface area contributed by atoms with Crippen molar-refractivity contribution in [2.24, 2.45) is 0 Å². The third kappa shape index (κ3) is 3.44. The largest absolute Gasteiger partial charge is 0.335 e. The van der Waals surface area contributed by atoms with Gasteiger partial charge in [-0.15, -0.1) is 10.2 Å². The Kier molecular flexibility index (Phi) is 4.75. The van der Waals surface area contributed by atoms with Crippen LogP contribution in [0.2, 0.25) is 10.0 Å². The fraction of sp³-hybridized carbons (Fsp3) is 0.0667. The van der Waals surface area contributed by atoms with Crippen molar-refractivity contribution in [1.82, 2.24) is 14.9 Å². The van der Waals surface area contributed by atoms with Crippen molar-refractivity contribution in [2.75, 3.05) is 5.84 Å². The summed E-state index contributed by atoms with van der Waals surface area (Å²) in [5.41, 5.74) is 1.28. The lowest BCUT2D eigenvalue weighted by molar-refractivity contribution is 0.629. The molecule has 0 saturated heterocycles. The Morgan fingerprint density at radius 2 is 1.87 bits per heavy atom. The molecule has 3 rings (SSSR count). The molecule has 1 heterocycles. The second-order valence-corrected chi connectivity index (χ2v) is 6.45. The van der Waals surface area contributed by atoms with Crippen molar-refractivity contribution in [3.05, 3.63) is 63.9 Å². The summed E-state index contributed by atoms with van der Waals surface area (Å²) in [4.78, 5) is 0. The molecule has 0 amide bonds. The molecule has 8 heteroatoms. The molecule has 1 aromatic heterocycles. The molecule has 3 aromatic rings. The Balaban J connectivity index is 1.80. The second kappa shape index (κ2) is 6.78. The van der Waals surface area contributed by atoms with E-state index in [9.17, 15) is 4.39 Å². The molecule has 0 radical (unpaired) electrons. The Hall–Kier alpha value is -1.76. The first-order valence-corrected chi connectivity index (χ1v) is 8.32. The molecule has 0 atom stereocenters. The maximum absolute atomic E-state index is 13.8. The van der Waals surface area contributed by atoms with Gasteiger partial charge in [-0.05, 0) is 29.8 Å². The highest BCUT2D eigenvalue weighted by Crippen LogP contribution is 2.28. The minimum Gasteiger partial charge on any atom is -0.335 e. The number of benzene rings is 2. The lowest BCUT2D eigenvalue weighted by Gasteiger charge is -2.05. The van der Waals surface area contributed by atoms with E-state index in [0.717, 1.165) is 5.56 Å². The summed E-state index contributed by atoms with van der Waals surface area (Å²) in [7, 11) is 0. The van der Waals surface area contributed by atoms with Crippen LogP contribution in [0.4, 0.5) is 4.39 Å². The van der Waals surface area contributed by atoms with Gasteiger partial charge in [0, 0.05) is 5.75 Å². The molecule has 0 aliphatic rings. The highest BCUT2D eigenvalue weighted by Gasteiger charge is 2.15. The SMILES string of the molecule is Nn1c(SCc2ccc(Cl)c(Cl)c2)nnc1-c1ccccc1F.